The summed E-state index contributed by atoms with van der Waals surface area (Å²) in [6.45, 7) is 11.5. The second-order valence-electron chi connectivity index (χ2n) is 13.0. The van der Waals surface area contributed by atoms with Crippen LogP contribution in [-0.2, 0) is 38.2 Å². The van der Waals surface area contributed by atoms with Gasteiger partial charge in [-0.05, 0) is 45.1 Å². The number of cyclic esters (lactones) is 2. The molecular formula is C29H37NO9. The third-order valence-corrected chi connectivity index (χ3v) is 11.0. The number of oxime groups is 1. The van der Waals surface area contributed by atoms with Crippen LogP contribution < -0.4 is 0 Å². The number of nitrogens with zero attached hydrogens (tertiary/aromatic N) is 1. The van der Waals surface area contributed by atoms with Crippen molar-refractivity contribution in [1.82, 2.24) is 0 Å². The molecule has 3 saturated heterocycles. The molecule has 0 N–H and O–H groups in total. The van der Waals surface area contributed by atoms with Crippen LogP contribution in [0, 0.1) is 28.1 Å². The summed E-state index contributed by atoms with van der Waals surface area (Å²) in [6.07, 6.45) is 2.84. The third-order valence-electron chi connectivity index (χ3n) is 11.0. The second-order valence-corrected chi connectivity index (χ2v) is 13.0. The van der Waals surface area contributed by atoms with E-state index in [1.807, 2.05) is 19.9 Å². The van der Waals surface area contributed by atoms with Crippen molar-refractivity contribution in [3.05, 3.63) is 24.2 Å². The molecule has 1 unspecified atom stereocenters. The van der Waals surface area contributed by atoms with Gasteiger partial charge < -0.3 is 28.2 Å². The molecule has 39 heavy (non-hydrogen) atoms. The molecule has 212 valence electrons. The summed E-state index contributed by atoms with van der Waals surface area (Å²) in [5.41, 5.74) is -2.42. The van der Waals surface area contributed by atoms with Gasteiger partial charge in [0, 0.05) is 34.7 Å². The fraction of sp³-hybridized carbons (Fsp3) is 0.724. The minimum Gasteiger partial charge on any atom is -0.472 e. The fourth-order valence-electron chi connectivity index (χ4n) is 9.51. The summed E-state index contributed by atoms with van der Waals surface area (Å²) < 4.78 is 29.9. The standard InChI is InChI=1S/C29H37NO9/c1-15(31)36-20-13-21(32)38-25(2,3)18-12-19(30-34-7)28(6)17(27(18,20)5)8-10-26(4)22(16-9-11-35-14-16)37-24(33)23-29(26,28)39-23/h9,11,14,17-18,20,22-23H,8,10,12-13H2,1-7H3/b30-19+/t17-,18+,20?,22+,23-,26+,27-,28+,29-/m1/s1. The number of furan rings is 1. The molecule has 9 atom stereocenters. The largest absolute Gasteiger partial charge is 0.472 e. The fourth-order valence-corrected chi connectivity index (χ4v) is 9.51. The molecule has 2 aliphatic carbocycles. The molecule has 10 nitrogen and oxygen atoms in total. The van der Waals surface area contributed by atoms with Crippen molar-refractivity contribution in [1.29, 1.82) is 0 Å². The van der Waals surface area contributed by atoms with Crippen LogP contribution in [0.25, 0.3) is 0 Å². The van der Waals surface area contributed by atoms with E-state index in [0.717, 1.165) is 11.3 Å². The van der Waals surface area contributed by atoms with Gasteiger partial charge in [0.15, 0.2) is 6.10 Å². The Labute approximate surface area is 227 Å². The maximum atomic E-state index is 13.4. The van der Waals surface area contributed by atoms with Gasteiger partial charge in [-0.3, -0.25) is 9.59 Å². The predicted molar refractivity (Wildman–Crippen MR) is 135 cm³/mol. The number of carbonyl (C=O) groups excluding carboxylic acids is 3. The Bertz CT molecular complexity index is 1260. The Balaban J connectivity index is 1.58. The van der Waals surface area contributed by atoms with Crippen molar-refractivity contribution < 1.29 is 42.6 Å². The number of hydrogen-bond donors (Lipinski definition) is 0. The summed E-state index contributed by atoms with van der Waals surface area (Å²) >= 11 is 0. The number of ether oxygens (including phenoxy) is 4. The highest BCUT2D eigenvalue weighted by molar-refractivity contribution is 5.96. The van der Waals surface area contributed by atoms with Crippen LogP contribution in [0.4, 0.5) is 0 Å². The quantitative estimate of drug-likeness (QED) is 0.239. The van der Waals surface area contributed by atoms with E-state index in [4.69, 9.17) is 28.2 Å². The van der Waals surface area contributed by atoms with Crippen molar-refractivity contribution in [3.8, 4) is 0 Å². The van der Waals surface area contributed by atoms with Gasteiger partial charge >= 0.3 is 17.9 Å². The molecule has 2 saturated carbocycles. The molecular weight excluding hydrogens is 506 g/mol. The van der Waals surface area contributed by atoms with E-state index in [1.165, 1.54) is 14.0 Å². The smallest absolute Gasteiger partial charge is 0.339 e. The molecule has 0 bridgehead atoms. The first-order chi connectivity index (χ1) is 18.3. The summed E-state index contributed by atoms with van der Waals surface area (Å²) in [4.78, 5) is 44.2. The summed E-state index contributed by atoms with van der Waals surface area (Å²) in [5, 5.41) is 4.59. The minimum absolute atomic E-state index is 0.0480. The molecule has 1 aromatic rings. The lowest BCUT2D eigenvalue weighted by Gasteiger charge is -2.66. The van der Waals surface area contributed by atoms with Crippen molar-refractivity contribution >= 4 is 23.6 Å². The molecule has 1 aromatic heterocycles. The highest BCUT2D eigenvalue weighted by atomic mass is 16.7. The number of carbonyl (C=O) groups is 3. The van der Waals surface area contributed by atoms with Crippen molar-refractivity contribution in [2.45, 2.75) is 96.7 Å². The number of esters is 3. The topological polar surface area (TPSA) is 126 Å². The molecule has 1 spiro atoms. The van der Waals surface area contributed by atoms with Crippen molar-refractivity contribution in [2.75, 3.05) is 7.11 Å². The Morgan fingerprint density at radius 1 is 1.08 bits per heavy atom. The molecule has 0 radical (unpaired) electrons. The van der Waals surface area contributed by atoms with Crippen LogP contribution in [0.5, 0.6) is 0 Å². The van der Waals surface area contributed by atoms with Gasteiger partial charge in [0.1, 0.15) is 30.5 Å². The van der Waals surface area contributed by atoms with Crippen molar-refractivity contribution in [3.63, 3.8) is 0 Å². The summed E-state index contributed by atoms with van der Waals surface area (Å²) in [6, 6.07) is 1.82. The minimum atomic E-state index is -0.951. The van der Waals surface area contributed by atoms with Gasteiger partial charge in [-0.25, -0.2) is 4.79 Å². The zero-order chi connectivity index (χ0) is 28.2. The third kappa shape index (κ3) is 3.12. The van der Waals surface area contributed by atoms with Gasteiger partial charge in [-0.2, -0.15) is 0 Å². The lowest BCUT2D eigenvalue weighted by Crippen LogP contribution is -2.72. The van der Waals surface area contributed by atoms with Gasteiger partial charge in [0.2, 0.25) is 0 Å². The number of hydrogen-bond acceptors (Lipinski definition) is 10. The summed E-state index contributed by atoms with van der Waals surface area (Å²) in [7, 11) is 1.51. The van der Waals surface area contributed by atoms with Crippen LogP contribution >= 0.6 is 0 Å². The predicted octanol–water partition coefficient (Wildman–Crippen LogP) is 4.12. The van der Waals surface area contributed by atoms with Crippen LogP contribution in [0.1, 0.15) is 78.9 Å². The Hall–Kier alpha value is -2.88. The van der Waals surface area contributed by atoms with E-state index >= 15 is 0 Å². The molecule has 4 heterocycles. The van der Waals surface area contributed by atoms with Crippen molar-refractivity contribution in [2.24, 2.45) is 33.2 Å². The van der Waals surface area contributed by atoms with Gasteiger partial charge in [-0.15, -0.1) is 0 Å². The maximum absolute atomic E-state index is 13.4. The van der Waals surface area contributed by atoms with Gasteiger partial charge in [0.25, 0.3) is 0 Å². The van der Waals surface area contributed by atoms with Crippen LogP contribution in [-0.4, -0.2) is 54.1 Å². The monoisotopic (exact) mass is 543 g/mol. The zero-order valence-electron chi connectivity index (χ0n) is 23.6. The first kappa shape index (κ1) is 26.3. The molecule has 3 aliphatic heterocycles. The number of epoxide rings is 1. The van der Waals surface area contributed by atoms with E-state index < -0.39 is 63.7 Å². The highest BCUT2D eigenvalue weighted by Crippen LogP contribution is 2.79. The lowest BCUT2D eigenvalue weighted by atomic mass is 9.36. The molecule has 0 amide bonds. The van der Waals surface area contributed by atoms with E-state index in [0.29, 0.717) is 19.3 Å². The van der Waals surface area contributed by atoms with Crippen LogP contribution in [0.2, 0.25) is 0 Å². The Kier molecular flexibility index (Phi) is 5.46. The highest BCUT2D eigenvalue weighted by Gasteiger charge is 2.88. The molecule has 5 fully saturated rings. The average molecular weight is 544 g/mol. The van der Waals surface area contributed by atoms with E-state index in [1.54, 1.807) is 12.5 Å². The number of fused-ring (bicyclic) bond motifs is 3. The zero-order valence-corrected chi connectivity index (χ0v) is 23.6. The van der Waals surface area contributed by atoms with Gasteiger partial charge in [0.05, 0.1) is 24.7 Å². The molecule has 6 rings (SSSR count). The van der Waals surface area contributed by atoms with Crippen LogP contribution in [0.15, 0.2) is 28.2 Å². The molecule has 0 aromatic carbocycles. The number of rotatable bonds is 3. The normalized spacial score (nSPS) is 46.8. The maximum Gasteiger partial charge on any atom is 0.339 e. The van der Waals surface area contributed by atoms with E-state index in [2.05, 4.69) is 25.9 Å². The first-order valence-corrected chi connectivity index (χ1v) is 13.7. The van der Waals surface area contributed by atoms with Gasteiger partial charge in [-0.1, -0.05) is 25.9 Å². The lowest BCUT2D eigenvalue weighted by molar-refractivity contribution is -0.215. The van der Waals surface area contributed by atoms with E-state index in [-0.39, 0.29) is 18.3 Å². The van der Waals surface area contributed by atoms with E-state index in [9.17, 15) is 14.4 Å². The summed E-state index contributed by atoms with van der Waals surface area (Å²) in [5.74, 6) is -1.71. The van der Waals surface area contributed by atoms with Crippen LogP contribution in [0.3, 0.4) is 0 Å². The Morgan fingerprint density at radius 3 is 2.46 bits per heavy atom. The first-order valence-electron chi connectivity index (χ1n) is 13.7. The SMILES string of the molecule is CO/N=C1\C[C@H]2C(C)(C)OC(=O)CC(OC(C)=O)[C@]2(C)[C@H]2CC[C@@]3(C)[C@H](c4ccoc4)OC(=O)[C@H]4O[C@]43[C@]12C. The molecule has 10 heteroatoms. The average Bonchev–Trinajstić information content (AvgIpc) is 3.43. The molecule has 5 aliphatic rings. The second kappa shape index (κ2) is 8.08. The Morgan fingerprint density at radius 2 is 1.82 bits per heavy atom.